The van der Waals surface area contributed by atoms with Crippen molar-refractivity contribution in [3.63, 3.8) is 0 Å². The molecule has 0 radical (unpaired) electrons. The highest BCUT2D eigenvalue weighted by Crippen LogP contribution is 2.24. The van der Waals surface area contributed by atoms with Crippen LogP contribution in [-0.2, 0) is 0 Å². The van der Waals surface area contributed by atoms with Crippen molar-refractivity contribution in [3.8, 4) is 0 Å². The average molecular weight is 287 g/mol. The Hall–Kier alpha value is -0.870. The Kier molecular flexibility index (Phi) is 4.50. The number of unbranched alkanes of at least 4 members (excludes halogenated alkanes) is 1. The summed E-state index contributed by atoms with van der Waals surface area (Å²) in [4.78, 5) is 11.4. The lowest BCUT2D eigenvalue weighted by Crippen LogP contribution is -2.50. The molecule has 1 atom stereocenters. The highest BCUT2D eigenvalue weighted by atomic mass is 79.9. The van der Waals surface area contributed by atoms with E-state index in [2.05, 4.69) is 22.9 Å². The molecular formula is C12H17BrNO2+. The Bertz CT molecular complexity index is 364. The van der Waals surface area contributed by atoms with Gasteiger partial charge in [0.1, 0.15) is 5.69 Å². The molecule has 0 aliphatic carbocycles. The zero-order valence-electron chi connectivity index (χ0n) is 9.61. The van der Waals surface area contributed by atoms with Crippen molar-refractivity contribution < 1.29 is 9.90 Å². The number of quaternary nitrogens is 1. The summed E-state index contributed by atoms with van der Waals surface area (Å²) in [7, 11) is 1.74. The molecule has 0 saturated carbocycles. The van der Waals surface area contributed by atoms with Gasteiger partial charge in [-0.15, -0.1) is 0 Å². The van der Waals surface area contributed by atoms with Crippen LogP contribution in [0.5, 0.6) is 0 Å². The van der Waals surface area contributed by atoms with E-state index in [1.54, 1.807) is 7.05 Å². The lowest BCUT2D eigenvalue weighted by Gasteiger charge is -2.27. The summed E-state index contributed by atoms with van der Waals surface area (Å²) in [6, 6.07) is 7.46. The topological polar surface area (TPSA) is 37.3 Å². The molecule has 0 fully saturated rings. The van der Waals surface area contributed by atoms with Crippen LogP contribution in [0.1, 0.15) is 19.8 Å². The Morgan fingerprint density at radius 3 is 2.38 bits per heavy atom. The molecule has 1 aromatic carbocycles. The van der Waals surface area contributed by atoms with Crippen molar-refractivity contribution in [1.29, 1.82) is 0 Å². The summed E-state index contributed by atoms with van der Waals surface area (Å²) < 4.78 is 0.907. The molecule has 16 heavy (non-hydrogen) atoms. The van der Waals surface area contributed by atoms with Gasteiger partial charge in [0, 0.05) is 16.6 Å². The van der Waals surface area contributed by atoms with Crippen molar-refractivity contribution >= 4 is 27.7 Å². The third-order valence-corrected chi connectivity index (χ3v) is 3.31. The maximum Gasteiger partial charge on any atom is 0.518 e. The van der Waals surface area contributed by atoms with Gasteiger partial charge in [0.15, 0.2) is 0 Å². The van der Waals surface area contributed by atoms with Crippen LogP contribution >= 0.6 is 15.9 Å². The fraction of sp³-hybridized carbons (Fsp3) is 0.417. The van der Waals surface area contributed by atoms with E-state index in [1.807, 2.05) is 24.3 Å². The molecule has 1 unspecified atom stereocenters. The first-order valence-corrected chi connectivity index (χ1v) is 6.15. The lowest BCUT2D eigenvalue weighted by molar-refractivity contribution is 0.156. The van der Waals surface area contributed by atoms with Crippen LogP contribution in [0.3, 0.4) is 0 Å². The normalized spacial score (nSPS) is 14.4. The summed E-state index contributed by atoms with van der Waals surface area (Å²) in [5, 5.41) is 9.34. The van der Waals surface area contributed by atoms with E-state index in [9.17, 15) is 9.90 Å². The number of benzene rings is 1. The van der Waals surface area contributed by atoms with E-state index in [0.717, 1.165) is 23.0 Å². The third kappa shape index (κ3) is 2.83. The van der Waals surface area contributed by atoms with E-state index >= 15 is 0 Å². The fourth-order valence-corrected chi connectivity index (χ4v) is 1.84. The first-order valence-electron chi connectivity index (χ1n) is 5.36. The van der Waals surface area contributed by atoms with Crippen LogP contribution in [0.4, 0.5) is 10.5 Å². The second kappa shape index (κ2) is 5.46. The summed E-state index contributed by atoms with van der Waals surface area (Å²) >= 11 is 3.35. The van der Waals surface area contributed by atoms with Crippen molar-refractivity contribution in [2.45, 2.75) is 19.8 Å². The molecule has 0 saturated heterocycles. The highest BCUT2D eigenvalue weighted by Gasteiger charge is 2.33. The molecule has 1 rings (SSSR count). The zero-order valence-corrected chi connectivity index (χ0v) is 11.2. The zero-order chi connectivity index (χ0) is 12.2. The molecule has 0 aromatic heterocycles. The van der Waals surface area contributed by atoms with E-state index in [1.165, 1.54) is 0 Å². The van der Waals surface area contributed by atoms with Gasteiger partial charge in [-0.05, 0) is 18.6 Å². The van der Waals surface area contributed by atoms with Gasteiger partial charge in [0.05, 0.1) is 13.6 Å². The molecule has 1 N–H and O–H groups in total. The van der Waals surface area contributed by atoms with Crippen LogP contribution < -0.4 is 4.48 Å². The van der Waals surface area contributed by atoms with Gasteiger partial charge in [-0.1, -0.05) is 29.3 Å². The maximum atomic E-state index is 11.4. The number of carboxylic acid groups (broad SMARTS) is 1. The van der Waals surface area contributed by atoms with Gasteiger partial charge in [-0.3, -0.25) is 0 Å². The van der Waals surface area contributed by atoms with Gasteiger partial charge in [-0.25, -0.2) is 0 Å². The number of halogens is 1. The second-order valence-electron chi connectivity index (χ2n) is 4.03. The molecule has 1 amide bonds. The molecule has 0 aliphatic heterocycles. The number of nitrogens with zero attached hydrogens (tertiary/aromatic N) is 1. The standard InChI is InChI=1S/C12H16BrNO2/c1-3-4-9-14(2,12(15)16)11-7-5-10(13)6-8-11/h5-8H,3-4,9H2,1-2H3/p+1. The Morgan fingerprint density at radius 2 is 1.94 bits per heavy atom. The molecule has 3 nitrogen and oxygen atoms in total. The Morgan fingerprint density at radius 1 is 1.38 bits per heavy atom. The van der Waals surface area contributed by atoms with E-state index in [0.29, 0.717) is 6.54 Å². The summed E-state index contributed by atoms with van der Waals surface area (Å²) in [6.07, 6.45) is 1.09. The summed E-state index contributed by atoms with van der Waals surface area (Å²) in [6.45, 7) is 2.68. The highest BCUT2D eigenvalue weighted by molar-refractivity contribution is 9.10. The van der Waals surface area contributed by atoms with E-state index < -0.39 is 6.09 Å². The van der Waals surface area contributed by atoms with Crippen LogP contribution in [0.15, 0.2) is 28.7 Å². The largest absolute Gasteiger partial charge is 0.518 e. The van der Waals surface area contributed by atoms with Crippen LogP contribution in [0.25, 0.3) is 0 Å². The fourth-order valence-electron chi connectivity index (χ4n) is 1.58. The van der Waals surface area contributed by atoms with E-state index in [-0.39, 0.29) is 4.48 Å². The number of amides is 1. The molecular weight excluding hydrogens is 270 g/mol. The van der Waals surface area contributed by atoms with Crippen LogP contribution in [-0.4, -0.2) is 24.8 Å². The van der Waals surface area contributed by atoms with Crippen molar-refractivity contribution in [3.05, 3.63) is 28.7 Å². The van der Waals surface area contributed by atoms with Gasteiger partial charge in [0.25, 0.3) is 0 Å². The summed E-state index contributed by atoms with van der Waals surface area (Å²) in [5.74, 6) is 0. The van der Waals surface area contributed by atoms with Crippen molar-refractivity contribution in [2.75, 3.05) is 13.6 Å². The van der Waals surface area contributed by atoms with E-state index in [4.69, 9.17) is 0 Å². The first kappa shape index (κ1) is 13.2. The average Bonchev–Trinajstić information content (AvgIpc) is 2.26. The predicted octanol–water partition coefficient (Wildman–Crippen LogP) is 3.86. The minimum atomic E-state index is -0.809. The maximum absolute atomic E-state index is 11.4. The SMILES string of the molecule is CCCC[N+](C)(C(=O)O)c1ccc(Br)cc1. The van der Waals surface area contributed by atoms with Crippen LogP contribution in [0.2, 0.25) is 0 Å². The van der Waals surface area contributed by atoms with Gasteiger partial charge in [0.2, 0.25) is 0 Å². The Labute approximate surface area is 104 Å². The molecule has 0 spiro atoms. The number of hydrogen-bond acceptors (Lipinski definition) is 1. The Balaban J connectivity index is 3.01. The minimum Gasteiger partial charge on any atom is -0.435 e. The summed E-state index contributed by atoms with van der Waals surface area (Å²) in [5.41, 5.74) is 0.809. The third-order valence-electron chi connectivity index (χ3n) is 2.78. The second-order valence-corrected chi connectivity index (χ2v) is 4.94. The molecule has 1 aromatic rings. The number of rotatable bonds is 4. The molecule has 0 aliphatic rings. The van der Waals surface area contributed by atoms with Crippen molar-refractivity contribution in [1.82, 2.24) is 4.48 Å². The van der Waals surface area contributed by atoms with Crippen LogP contribution in [0, 0.1) is 0 Å². The molecule has 88 valence electrons. The quantitative estimate of drug-likeness (QED) is 0.854. The van der Waals surface area contributed by atoms with Gasteiger partial charge in [-0.2, -0.15) is 9.28 Å². The van der Waals surface area contributed by atoms with Gasteiger partial charge >= 0.3 is 6.09 Å². The first-order chi connectivity index (χ1) is 7.50. The van der Waals surface area contributed by atoms with Gasteiger partial charge < -0.3 is 5.11 Å². The lowest BCUT2D eigenvalue weighted by atomic mass is 10.2. The monoisotopic (exact) mass is 286 g/mol. The number of hydrogen-bond donors (Lipinski definition) is 1. The molecule has 4 heteroatoms. The predicted molar refractivity (Wildman–Crippen MR) is 69.7 cm³/mol. The molecule has 0 heterocycles. The minimum absolute atomic E-state index is 0.0544. The smallest absolute Gasteiger partial charge is 0.435 e. The number of carbonyl (C=O) groups is 1. The van der Waals surface area contributed by atoms with Crippen molar-refractivity contribution in [2.24, 2.45) is 0 Å². The molecule has 0 bridgehead atoms.